The molecule has 7 heteroatoms. The standard InChI is InChI=1S/C19H19N5O2/c1-26-17-7-3-2-6-15(17)11-24-19(25)16-12-23-18(13-21-16)22-10-14-5-4-8-20-9-14/h2-9,12-13H,10-11H2,1H3,(H,22,23)(H,24,25). The number of anilines is 1. The number of para-hydroxylation sites is 1. The van der Waals surface area contributed by atoms with Crippen LogP contribution >= 0.6 is 0 Å². The molecule has 7 nitrogen and oxygen atoms in total. The normalized spacial score (nSPS) is 10.2. The van der Waals surface area contributed by atoms with Gasteiger partial charge in [-0.2, -0.15) is 0 Å². The van der Waals surface area contributed by atoms with Crippen LogP contribution in [0.3, 0.4) is 0 Å². The topological polar surface area (TPSA) is 89.0 Å². The Labute approximate surface area is 151 Å². The molecule has 0 aliphatic carbocycles. The van der Waals surface area contributed by atoms with Crippen LogP contribution in [-0.4, -0.2) is 28.0 Å². The van der Waals surface area contributed by atoms with Crippen LogP contribution in [0.5, 0.6) is 5.75 Å². The lowest BCUT2D eigenvalue weighted by Crippen LogP contribution is -2.24. The lowest BCUT2D eigenvalue weighted by molar-refractivity contribution is 0.0945. The minimum Gasteiger partial charge on any atom is -0.496 e. The molecule has 0 aliphatic heterocycles. The van der Waals surface area contributed by atoms with Gasteiger partial charge in [0.25, 0.3) is 5.91 Å². The number of methoxy groups -OCH3 is 1. The van der Waals surface area contributed by atoms with Gasteiger partial charge in [0.2, 0.25) is 0 Å². The first kappa shape index (κ1) is 17.3. The molecule has 1 amide bonds. The van der Waals surface area contributed by atoms with E-state index in [0.29, 0.717) is 18.9 Å². The third kappa shape index (κ3) is 4.54. The van der Waals surface area contributed by atoms with Gasteiger partial charge in [0.1, 0.15) is 17.3 Å². The molecule has 0 aliphatic rings. The minimum atomic E-state index is -0.290. The lowest BCUT2D eigenvalue weighted by atomic mass is 10.2. The first-order valence-corrected chi connectivity index (χ1v) is 8.11. The SMILES string of the molecule is COc1ccccc1CNC(=O)c1cnc(NCc2cccnc2)cn1. The first-order valence-electron chi connectivity index (χ1n) is 8.11. The Morgan fingerprint density at radius 2 is 1.92 bits per heavy atom. The Bertz CT molecular complexity index is 853. The highest BCUT2D eigenvalue weighted by molar-refractivity contribution is 5.92. The molecule has 0 radical (unpaired) electrons. The van der Waals surface area contributed by atoms with Crippen LogP contribution in [0.4, 0.5) is 5.82 Å². The molecule has 0 unspecified atom stereocenters. The molecular weight excluding hydrogens is 330 g/mol. The zero-order chi connectivity index (χ0) is 18.2. The number of carbonyl (C=O) groups excluding carboxylic acids is 1. The number of nitrogens with zero attached hydrogens (tertiary/aromatic N) is 3. The van der Waals surface area contributed by atoms with Crippen LogP contribution in [0.2, 0.25) is 0 Å². The van der Waals surface area contributed by atoms with Crippen molar-refractivity contribution in [2.24, 2.45) is 0 Å². The maximum atomic E-state index is 12.2. The average Bonchev–Trinajstić information content (AvgIpc) is 2.72. The summed E-state index contributed by atoms with van der Waals surface area (Å²) in [4.78, 5) is 24.7. The monoisotopic (exact) mass is 349 g/mol. The Morgan fingerprint density at radius 1 is 1.04 bits per heavy atom. The van der Waals surface area contributed by atoms with Crippen molar-refractivity contribution in [3.8, 4) is 5.75 Å². The fourth-order valence-corrected chi connectivity index (χ4v) is 2.35. The lowest BCUT2D eigenvalue weighted by Gasteiger charge is -2.09. The van der Waals surface area contributed by atoms with Crippen molar-refractivity contribution < 1.29 is 9.53 Å². The fraction of sp³-hybridized carbons (Fsp3) is 0.158. The molecule has 3 aromatic rings. The highest BCUT2D eigenvalue weighted by Crippen LogP contribution is 2.16. The van der Waals surface area contributed by atoms with E-state index in [1.165, 1.54) is 12.4 Å². The summed E-state index contributed by atoms with van der Waals surface area (Å²) in [7, 11) is 1.60. The highest BCUT2D eigenvalue weighted by Gasteiger charge is 2.09. The van der Waals surface area contributed by atoms with Gasteiger partial charge in [-0.3, -0.25) is 9.78 Å². The van der Waals surface area contributed by atoms with Crippen LogP contribution < -0.4 is 15.4 Å². The Morgan fingerprint density at radius 3 is 2.65 bits per heavy atom. The summed E-state index contributed by atoms with van der Waals surface area (Å²) in [5.74, 6) is 1.03. The van der Waals surface area contributed by atoms with Crippen molar-refractivity contribution in [2.45, 2.75) is 13.1 Å². The predicted molar refractivity (Wildman–Crippen MR) is 97.8 cm³/mol. The van der Waals surface area contributed by atoms with E-state index >= 15 is 0 Å². The summed E-state index contributed by atoms with van der Waals surface area (Å²) < 4.78 is 5.27. The summed E-state index contributed by atoms with van der Waals surface area (Å²) in [5.41, 5.74) is 2.19. The van der Waals surface area contributed by atoms with Crippen molar-refractivity contribution in [2.75, 3.05) is 12.4 Å². The summed E-state index contributed by atoms with van der Waals surface area (Å²) in [5, 5.41) is 5.96. The van der Waals surface area contributed by atoms with E-state index in [1.807, 2.05) is 36.4 Å². The smallest absolute Gasteiger partial charge is 0.271 e. The van der Waals surface area contributed by atoms with Gasteiger partial charge in [-0.15, -0.1) is 0 Å². The molecule has 2 heterocycles. The fourth-order valence-electron chi connectivity index (χ4n) is 2.35. The number of nitrogens with one attached hydrogen (secondary N) is 2. The van der Waals surface area contributed by atoms with Gasteiger partial charge < -0.3 is 15.4 Å². The molecule has 0 atom stereocenters. The van der Waals surface area contributed by atoms with E-state index in [1.54, 1.807) is 19.5 Å². The Hall–Kier alpha value is -3.48. The number of pyridine rings is 1. The number of amides is 1. The van der Waals surface area contributed by atoms with E-state index in [4.69, 9.17) is 4.74 Å². The quantitative estimate of drug-likeness (QED) is 0.681. The number of ether oxygens (including phenoxy) is 1. The molecule has 1 aromatic carbocycles. The zero-order valence-electron chi connectivity index (χ0n) is 14.3. The van der Waals surface area contributed by atoms with Gasteiger partial charge in [0.15, 0.2) is 0 Å². The number of hydrogen-bond acceptors (Lipinski definition) is 6. The second-order valence-electron chi connectivity index (χ2n) is 5.50. The van der Waals surface area contributed by atoms with E-state index in [0.717, 1.165) is 16.9 Å². The average molecular weight is 349 g/mol. The second-order valence-corrected chi connectivity index (χ2v) is 5.50. The predicted octanol–water partition coefficient (Wildman–Crippen LogP) is 2.42. The number of rotatable bonds is 7. The first-order chi connectivity index (χ1) is 12.8. The van der Waals surface area contributed by atoms with Crippen molar-refractivity contribution in [3.63, 3.8) is 0 Å². The van der Waals surface area contributed by atoms with Gasteiger partial charge in [0.05, 0.1) is 19.5 Å². The highest BCUT2D eigenvalue weighted by atomic mass is 16.5. The molecule has 0 fully saturated rings. The number of aromatic nitrogens is 3. The molecule has 3 rings (SSSR count). The maximum absolute atomic E-state index is 12.2. The van der Waals surface area contributed by atoms with Crippen LogP contribution in [0, 0.1) is 0 Å². The number of hydrogen-bond donors (Lipinski definition) is 2. The van der Waals surface area contributed by atoms with Crippen molar-refractivity contribution >= 4 is 11.7 Å². The summed E-state index contributed by atoms with van der Waals surface area (Å²) in [6, 6.07) is 11.4. The van der Waals surface area contributed by atoms with Crippen molar-refractivity contribution in [1.29, 1.82) is 0 Å². The molecule has 2 N–H and O–H groups in total. The molecule has 0 spiro atoms. The zero-order valence-corrected chi connectivity index (χ0v) is 14.3. The van der Waals surface area contributed by atoms with E-state index in [2.05, 4.69) is 25.6 Å². The third-order valence-electron chi connectivity index (χ3n) is 3.71. The van der Waals surface area contributed by atoms with Gasteiger partial charge in [-0.25, -0.2) is 9.97 Å². The molecule has 0 saturated carbocycles. The van der Waals surface area contributed by atoms with Gasteiger partial charge in [-0.1, -0.05) is 24.3 Å². The van der Waals surface area contributed by atoms with Gasteiger partial charge in [0, 0.05) is 31.0 Å². The van der Waals surface area contributed by atoms with Crippen LogP contribution in [0.25, 0.3) is 0 Å². The summed E-state index contributed by atoms with van der Waals surface area (Å²) in [6.07, 6.45) is 6.49. The van der Waals surface area contributed by atoms with Crippen molar-refractivity contribution in [1.82, 2.24) is 20.3 Å². The number of carbonyl (C=O) groups is 1. The Kier molecular flexibility index (Phi) is 5.72. The molecule has 132 valence electrons. The third-order valence-corrected chi connectivity index (χ3v) is 3.71. The van der Waals surface area contributed by atoms with E-state index in [9.17, 15) is 4.79 Å². The van der Waals surface area contributed by atoms with Crippen LogP contribution in [0.15, 0.2) is 61.2 Å². The largest absolute Gasteiger partial charge is 0.496 e. The van der Waals surface area contributed by atoms with E-state index < -0.39 is 0 Å². The maximum Gasteiger partial charge on any atom is 0.271 e. The van der Waals surface area contributed by atoms with Gasteiger partial charge in [-0.05, 0) is 17.7 Å². The summed E-state index contributed by atoms with van der Waals surface area (Å²) in [6.45, 7) is 0.938. The van der Waals surface area contributed by atoms with E-state index in [-0.39, 0.29) is 11.6 Å². The van der Waals surface area contributed by atoms with Gasteiger partial charge >= 0.3 is 0 Å². The summed E-state index contributed by atoms with van der Waals surface area (Å²) >= 11 is 0. The molecule has 26 heavy (non-hydrogen) atoms. The van der Waals surface area contributed by atoms with Crippen LogP contribution in [0.1, 0.15) is 21.6 Å². The minimum absolute atomic E-state index is 0.256. The molecule has 2 aromatic heterocycles. The molecular formula is C19H19N5O2. The van der Waals surface area contributed by atoms with Crippen LogP contribution in [-0.2, 0) is 13.1 Å². The molecule has 0 bridgehead atoms. The van der Waals surface area contributed by atoms with Crippen molar-refractivity contribution in [3.05, 3.63) is 78.0 Å². The number of benzene rings is 1. The molecule has 0 saturated heterocycles. The Balaban J connectivity index is 1.55. The second kappa shape index (κ2) is 8.57.